The molecule has 5 heteroatoms. The maximum absolute atomic E-state index is 13.8. The maximum Gasteiger partial charge on any atom is 0.256 e. The zero-order valence-electron chi connectivity index (χ0n) is 10.4. The number of amides is 1. The number of hydrogen-bond acceptors (Lipinski definition) is 1. The number of likely N-dealkylation sites (tertiary alicyclic amines) is 1. The van der Waals surface area contributed by atoms with Gasteiger partial charge in [0.2, 0.25) is 0 Å². The summed E-state index contributed by atoms with van der Waals surface area (Å²) in [4.78, 5) is 13.9. The average Bonchev–Trinajstić information content (AvgIpc) is 3.16. The van der Waals surface area contributed by atoms with Gasteiger partial charge in [-0.1, -0.05) is 0 Å². The van der Waals surface area contributed by atoms with Crippen LogP contribution in [0.25, 0.3) is 0 Å². The summed E-state index contributed by atoms with van der Waals surface area (Å²) < 4.78 is 27.3. The molecule has 2 fully saturated rings. The molecule has 2 nitrogen and oxygen atoms in total. The fourth-order valence-electron chi connectivity index (χ4n) is 2.72. The molecule has 0 radical (unpaired) electrons. The first-order chi connectivity index (χ1) is 9.02. The molecule has 0 atom stereocenters. The van der Waals surface area contributed by atoms with E-state index < -0.39 is 17.5 Å². The van der Waals surface area contributed by atoms with E-state index in [4.69, 9.17) is 0 Å². The van der Waals surface area contributed by atoms with Crippen molar-refractivity contribution in [2.75, 3.05) is 13.1 Å². The number of carbonyl (C=O) groups excluding carboxylic acids is 1. The van der Waals surface area contributed by atoms with Crippen LogP contribution >= 0.6 is 15.9 Å². The topological polar surface area (TPSA) is 20.3 Å². The molecular formula is C14H14BrF2NO. The molecule has 0 bridgehead atoms. The maximum atomic E-state index is 13.8. The number of piperidine rings is 1. The van der Waals surface area contributed by atoms with Crippen LogP contribution < -0.4 is 0 Å². The van der Waals surface area contributed by atoms with E-state index in [1.54, 1.807) is 4.90 Å². The van der Waals surface area contributed by atoms with Crippen molar-refractivity contribution in [3.05, 3.63) is 33.8 Å². The Morgan fingerprint density at radius 2 is 1.74 bits per heavy atom. The Labute approximate surface area is 118 Å². The molecule has 0 unspecified atom stereocenters. The van der Waals surface area contributed by atoms with Crippen LogP contribution in [0.15, 0.2) is 16.6 Å². The summed E-state index contributed by atoms with van der Waals surface area (Å²) in [5.74, 6) is -2.47. The van der Waals surface area contributed by atoms with Gasteiger partial charge in [0, 0.05) is 13.1 Å². The van der Waals surface area contributed by atoms with E-state index in [1.165, 1.54) is 25.0 Å². The van der Waals surface area contributed by atoms with Gasteiger partial charge in [0.15, 0.2) is 11.6 Å². The number of nitrogens with zero attached hydrogens (tertiary/aromatic N) is 1. The van der Waals surface area contributed by atoms with E-state index in [0.717, 1.165) is 12.8 Å². The molecule has 2 aliphatic rings. The van der Waals surface area contributed by atoms with Gasteiger partial charge in [0.05, 0.1) is 10.0 Å². The summed E-state index contributed by atoms with van der Waals surface area (Å²) in [5.41, 5.74) is 0.285. The van der Waals surface area contributed by atoms with Gasteiger partial charge in [-0.3, -0.25) is 4.79 Å². The van der Waals surface area contributed by atoms with Crippen molar-refractivity contribution in [2.45, 2.75) is 25.7 Å². The normalized spacial score (nSPS) is 20.7. The summed E-state index contributed by atoms with van der Waals surface area (Å²) in [5, 5.41) is 0. The average molecular weight is 330 g/mol. The fourth-order valence-corrected chi connectivity index (χ4v) is 3.03. The van der Waals surface area contributed by atoms with Crippen LogP contribution in [0.4, 0.5) is 8.78 Å². The lowest BCUT2D eigenvalue weighted by Crippen LogP contribution is -2.39. The van der Waals surface area contributed by atoms with E-state index in [1.807, 2.05) is 0 Å². The van der Waals surface area contributed by atoms with Gasteiger partial charge in [-0.2, -0.15) is 0 Å². The molecule has 1 saturated heterocycles. The minimum Gasteiger partial charge on any atom is -0.339 e. The van der Waals surface area contributed by atoms with Gasteiger partial charge in [-0.25, -0.2) is 8.78 Å². The van der Waals surface area contributed by atoms with Gasteiger partial charge < -0.3 is 4.90 Å². The van der Waals surface area contributed by atoms with E-state index in [9.17, 15) is 13.6 Å². The first-order valence-corrected chi connectivity index (χ1v) is 7.25. The van der Waals surface area contributed by atoms with Crippen LogP contribution in [0.2, 0.25) is 0 Å². The Morgan fingerprint density at radius 3 is 2.32 bits per heavy atom. The second-order valence-electron chi connectivity index (χ2n) is 5.52. The lowest BCUT2D eigenvalue weighted by Gasteiger charge is -2.32. The molecule has 1 aliphatic carbocycles. The van der Waals surface area contributed by atoms with Crippen molar-refractivity contribution in [2.24, 2.45) is 5.41 Å². The Bertz CT molecular complexity index is 532. The molecule has 1 heterocycles. The van der Waals surface area contributed by atoms with E-state index in [2.05, 4.69) is 15.9 Å². The highest BCUT2D eigenvalue weighted by Gasteiger charge is 2.45. The predicted molar refractivity (Wildman–Crippen MR) is 70.9 cm³/mol. The highest BCUT2D eigenvalue weighted by Crippen LogP contribution is 2.53. The SMILES string of the molecule is O=C(c1ccc(Br)c(F)c1F)N1CCC2(CC1)CC2. The summed E-state index contributed by atoms with van der Waals surface area (Å²) in [6.45, 7) is 1.30. The Balaban J connectivity index is 1.79. The molecule has 1 spiro atoms. The minimum atomic E-state index is -1.06. The summed E-state index contributed by atoms with van der Waals surface area (Å²) in [7, 11) is 0. The van der Waals surface area contributed by atoms with Crippen molar-refractivity contribution in [1.29, 1.82) is 0 Å². The van der Waals surface area contributed by atoms with Crippen LogP contribution in [0.1, 0.15) is 36.0 Å². The van der Waals surface area contributed by atoms with Crippen LogP contribution in [-0.4, -0.2) is 23.9 Å². The summed E-state index contributed by atoms with van der Waals surface area (Å²) in [6.07, 6.45) is 4.46. The molecular weight excluding hydrogens is 316 g/mol. The van der Waals surface area contributed by atoms with E-state index >= 15 is 0 Å². The third kappa shape index (κ3) is 2.29. The Hall–Kier alpha value is -0.970. The van der Waals surface area contributed by atoms with Crippen LogP contribution in [0.5, 0.6) is 0 Å². The fraction of sp³-hybridized carbons (Fsp3) is 0.500. The highest BCUT2D eigenvalue weighted by molar-refractivity contribution is 9.10. The van der Waals surface area contributed by atoms with E-state index in [-0.39, 0.29) is 10.0 Å². The molecule has 1 saturated carbocycles. The smallest absolute Gasteiger partial charge is 0.256 e. The van der Waals surface area contributed by atoms with Gasteiger partial charge >= 0.3 is 0 Å². The van der Waals surface area contributed by atoms with Gasteiger partial charge in [-0.05, 0) is 59.2 Å². The number of benzene rings is 1. The Morgan fingerprint density at radius 1 is 1.11 bits per heavy atom. The summed E-state index contributed by atoms with van der Waals surface area (Å²) >= 11 is 2.91. The van der Waals surface area contributed by atoms with Crippen molar-refractivity contribution in [1.82, 2.24) is 4.90 Å². The molecule has 1 aromatic carbocycles. The first-order valence-electron chi connectivity index (χ1n) is 6.45. The van der Waals surface area contributed by atoms with E-state index in [0.29, 0.717) is 18.5 Å². The second-order valence-corrected chi connectivity index (χ2v) is 6.37. The molecule has 3 rings (SSSR count). The zero-order chi connectivity index (χ0) is 13.6. The first kappa shape index (κ1) is 13.0. The lowest BCUT2D eigenvalue weighted by molar-refractivity contribution is 0.0672. The second kappa shape index (κ2) is 4.54. The van der Waals surface area contributed by atoms with Crippen molar-refractivity contribution >= 4 is 21.8 Å². The van der Waals surface area contributed by atoms with Gasteiger partial charge in [-0.15, -0.1) is 0 Å². The molecule has 0 aromatic heterocycles. The van der Waals surface area contributed by atoms with Crippen LogP contribution in [0.3, 0.4) is 0 Å². The number of carbonyl (C=O) groups is 1. The number of hydrogen-bond donors (Lipinski definition) is 0. The third-order valence-corrected chi connectivity index (χ3v) is 4.95. The molecule has 102 valence electrons. The van der Waals surface area contributed by atoms with Gasteiger partial charge in [0.1, 0.15) is 0 Å². The van der Waals surface area contributed by atoms with Crippen LogP contribution in [0, 0.1) is 17.0 Å². The number of rotatable bonds is 1. The summed E-state index contributed by atoms with van der Waals surface area (Å²) in [6, 6.07) is 2.71. The quantitative estimate of drug-likeness (QED) is 0.719. The lowest BCUT2D eigenvalue weighted by atomic mass is 9.93. The Kier molecular flexibility index (Phi) is 3.12. The van der Waals surface area contributed by atoms with Crippen molar-refractivity contribution < 1.29 is 13.6 Å². The van der Waals surface area contributed by atoms with Crippen LogP contribution in [-0.2, 0) is 0 Å². The standard InChI is InChI=1S/C14H14BrF2NO/c15-10-2-1-9(11(16)12(10)17)13(19)18-7-5-14(3-4-14)6-8-18/h1-2H,3-8H2. The molecule has 1 amide bonds. The van der Waals surface area contributed by atoms with Crippen molar-refractivity contribution in [3.63, 3.8) is 0 Å². The molecule has 19 heavy (non-hydrogen) atoms. The zero-order valence-corrected chi connectivity index (χ0v) is 12.0. The molecule has 1 aromatic rings. The largest absolute Gasteiger partial charge is 0.339 e. The third-order valence-electron chi connectivity index (χ3n) is 4.33. The highest BCUT2D eigenvalue weighted by atomic mass is 79.9. The number of halogens is 3. The molecule has 1 aliphatic heterocycles. The van der Waals surface area contributed by atoms with Crippen molar-refractivity contribution in [3.8, 4) is 0 Å². The molecule has 0 N–H and O–H groups in total. The predicted octanol–water partition coefficient (Wildman–Crippen LogP) is 3.74. The van der Waals surface area contributed by atoms with Gasteiger partial charge in [0.25, 0.3) is 5.91 Å². The minimum absolute atomic E-state index is 0.0390. The monoisotopic (exact) mass is 329 g/mol.